The number of rotatable bonds is 63. The lowest BCUT2D eigenvalue weighted by molar-refractivity contribution is -0.870. The minimum absolute atomic E-state index is 0.0309. The Morgan fingerprint density at radius 1 is 0.395 bits per heavy atom. The van der Waals surface area contributed by atoms with Crippen molar-refractivity contribution in [2.45, 2.75) is 322 Å². The van der Waals surface area contributed by atoms with E-state index in [0.717, 1.165) is 77.0 Å². The molecule has 0 aliphatic carbocycles. The van der Waals surface area contributed by atoms with Gasteiger partial charge in [0.05, 0.1) is 27.7 Å². The molecule has 0 saturated carbocycles. The predicted molar refractivity (Wildman–Crippen MR) is 349 cm³/mol. The van der Waals surface area contributed by atoms with Gasteiger partial charge in [0, 0.05) is 12.8 Å². The van der Waals surface area contributed by atoms with Crippen LogP contribution < -0.4 is 0 Å². The smallest absolute Gasteiger partial charge is 0.462 e. The quantitative estimate of drug-likeness (QED) is 0.0211. The number of allylic oxidation sites excluding steroid dienone is 12. The van der Waals surface area contributed by atoms with Crippen LogP contribution in [0.25, 0.3) is 0 Å². The first-order valence-electron chi connectivity index (χ1n) is 34.2. The van der Waals surface area contributed by atoms with E-state index in [1.807, 2.05) is 21.1 Å². The fourth-order valence-electron chi connectivity index (χ4n) is 9.79. The van der Waals surface area contributed by atoms with Crippen LogP contribution in [0.15, 0.2) is 72.9 Å². The maximum Gasteiger partial charge on any atom is 0.472 e. The lowest BCUT2D eigenvalue weighted by Gasteiger charge is -2.24. The van der Waals surface area contributed by atoms with E-state index in [1.54, 1.807) is 0 Å². The molecule has 0 heterocycles. The van der Waals surface area contributed by atoms with Gasteiger partial charge in [-0.25, -0.2) is 4.57 Å². The molecule has 0 aliphatic heterocycles. The molecule has 0 fully saturated rings. The number of esters is 2. The summed E-state index contributed by atoms with van der Waals surface area (Å²) in [6.45, 7) is 4.37. The zero-order valence-electron chi connectivity index (χ0n) is 53.8. The third kappa shape index (κ3) is 66.5. The highest BCUT2D eigenvalue weighted by Gasteiger charge is 2.27. The van der Waals surface area contributed by atoms with Crippen molar-refractivity contribution in [3.63, 3.8) is 0 Å². The maximum absolute atomic E-state index is 12.9. The number of carbonyl (C=O) groups excluding carboxylic acids is 2. The molecule has 0 bridgehead atoms. The van der Waals surface area contributed by atoms with E-state index >= 15 is 0 Å². The van der Waals surface area contributed by atoms with Gasteiger partial charge in [0.15, 0.2) is 6.10 Å². The second kappa shape index (κ2) is 62.0. The standard InChI is InChI=1S/C71H130NO8P/c1-6-8-10-12-14-16-18-20-22-24-26-28-30-32-34-35-36-37-38-40-42-44-46-48-50-52-54-56-58-60-62-64-71(74)80-69(68-79-81(75,76)78-66-65-72(3,4)5)67-77-70(73)63-61-59-57-55-53-51-49-47-45-43-41-39-33-31-29-27-25-23-21-19-17-15-13-11-9-7-2/h8,10,14,16,20,22,26,28,32,34,36-37,69H,6-7,9,11-13,15,17-19,21,23-25,27,29-31,33,35,38-68H2,1-5H3/p+1/b10-8-,16-14-,22-20-,28-26-,34-32-,37-36-. The molecule has 0 aliphatic rings. The highest BCUT2D eigenvalue weighted by molar-refractivity contribution is 7.47. The summed E-state index contributed by atoms with van der Waals surface area (Å²) in [5, 5.41) is 0. The molecule has 1 N–H and O–H groups in total. The van der Waals surface area contributed by atoms with E-state index in [2.05, 4.69) is 86.8 Å². The molecular formula is C71H131NO8P+. The summed E-state index contributed by atoms with van der Waals surface area (Å²) < 4.78 is 34.7. The van der Waals surface area contributed by atoms with E-state index < -0.39 is 26.5 Å². The first-order chi connectivity index (χ1) is 39.5. The molecule has 81 heavy (non-hydrogen) atoms. The third-order valence-electron chi connectivity index (χ3n) is 15.0. The third-order valence-corrected chi connectivity index (χ3v) is 16.0. The van der Waals surface area contributed by atoms with Gasteiger partial charge >= 0.3 is 19.8 Å². The average molecular weight is 1160 g/mol. The normalized spacial score (nSPS) is 13.6. The highest BCUT2D eigenvalue weighted by atomic mass is 31.2. The monoisotopic (exact) mass is 1160 g/mol. The van der Waals surface area contributed by atoms with Crippen molar-refractivity contribution in [1.82, 2.24) is 0 Å². The van der Waals surface area contributed by atoms with Gasteiger partial charge in [0.25, 0.3) is 0 Å². The number of hydrogen-bond donors (Lipinski definition) is 1. The molecule has 0 saturated heterocycles. The van der Waals surface area contributed by atoms with Crippen LogP contribution in [0.3, 0.4) is 0 Å². The number of ether oxygens (including phenoxy) is 2. The summed E-state index contributed by atoms with van der Waals surface area (Å²) in [6, 6.07) is 0. The number of nitrogens with zero attached hydrogens (tertiary/aromatic N) is 1. The summed E-state index contributed by atoms with van der Waals surface area (Å²) in [5.74, 6) is -0.787. The van der Waals surface area contributed by atoms with Gasteiger partial charge in [-0.3, -0.25) is 18.6 Å². The Morgan fingerprint density at radius 2 is 0.704 bits per heavy atom. The minimum Gasteiger partial charge on any atom is -0.462 e. The topological polar surface area (TPSA) is 108 Å². The Hall–Kier alpha value is -2.55. The lowest BCUT2D eigenvalue weighted by atomic mass is 10.0. The zero-order chi connectivity index (χ0) is 59.1. The average Bonchev–Trinajstić information content (AvgIpc) is 3.43. The number of hydrogen-bond acceptors (Lipinski definition) is 7. The molecule has 0 aromatic carbocycles. The first-order valence-corrected chi connectivity index (χ1v) is 35.7. The fraction of sp³-hybridized carbons (Fsp3) is 0.803. The Kier molecular flexibility index (Phi) is 60.0. The fourth-order valence-corrected chi connectivity index (χ4v) is 10.5. The molecule has 0 rings (SSSR count). The molecular weight excluding hydrogens is 1030 g/mol. The van der Waals surface area contributed by atoms with E-state index in [0.29, 0.717) is 23.9 Å². The minimum atomic E-state index is -4.39. The molecule has 2 unspecified atom stereocenters. The zero-order valence-corrected chi connectivity index (χ0v) is 54.7. The molecule has 0 aromatic rings. The Morgan fingerprint density at radius 3 is 1.05 bits per heavy atom. The van der Waals surface area contributed by atoms with Gasteiger partial charge in [0.1, 0.15) is 19.8 Å². The number of phosphoric ester groups is 1. The Balaban J connectivity index is 4.06. The van der Waals surface area contributed by atoms with Crippen LogP contribution in [0.4, 0.5) is 0 Å². The molecule has 0 aromatic heterocycles. The van der Waals surface area contributed by atoms with Gasteiger partial charge in [-0.1, -0.05) is 311 Å². The first kappa shape index (κ1) is 78.5. The van der Waals surface area contributed by atoms with Gasteiger partial charge in [-0.05, 0) is 64.2 Å². The van der Waals surface area contributed by atoms with Gasteiger partial charge in [0.2, 0.25) is 0 Å². The molecule has 0 spiro atoms. The van der Waals surface area contributed by atoms with Crippen LogP contribution in [-0.4, -0.2) is 74.9 Å². The molecule has 9 nitrogen and oxygen atoms in total. The van der Waals surface area contributed by atoms with E-state index in [1.165, 1.54) is 205 Å². The lowest BCUT2D eigenvalue weighted by Crippen LogP contribution is -2.37. The van der Waals surface area contributed by atoms with Crippen molar-refractivity contribution in [3.05, 3.63) is 72.9 Å². The van der Waals surface area contributed by atoms with Crippen molar-refractivity contribution in [2.75, 3.05) is 47.5 Å². The van der Waals surface area contributed by atoms with E-state index in [4.69, 9.17) is 18.5 Å². The predicted octanol–water partition coefficient (Wildman–Crippen LogP) is 22.0. The molecule has 472 valence electrons. The van der Waals surface area contributed by atoms with E-state index in [-0.39, 0.29) is 25.6 Å². The van der Waals surface area contributed by atoms with Crippen LogP contribution in [0.5, 0.6) is 0 Å². The van der Waals surface area contributed by atoms with Crippen molar-refractivity contribution in [2.24, 2.45) is 0 Å². The van der Waals surface area contributed by atoms with Crippen LogP contribution in [0.1, 0.15) is 316 Å². The largest absolute Gasteiger partial charge is 0.472 e. The van der Waals surface area contributed by atoms with Gasteiger partial charge < -0.3 is 18.9 Å². The summed E-state index contributed by atoms with van der Waals surface area (Å²) in [7, 11) is 1.48. The SMILES string of the molecule is CC/C=C\C/C=C\C/C=C\C/C=C\C/C=C\C/C=C\CCCCCCCCCCCCCCC(=O)OC(COC(=O)CCCCCCCCCCCCCCCCCCCCCCCCCCCC)COP(=O)(O)OCC[N+](C)(C)C. The van der Waals surface area contributed by atoms with Crippen LogP contribution in [0.2, 0.25) is 0 Å². The van der Waals surface area contributed by atoms with Crippen LogP contribution >= 0.6 is 7.82 Å². The molecule has 0 amide bonds. The number of likely N-dealkylation sites (N-methyl/N-ethyl adjacent to an activating group) is 1. The van der Waals surface area contributed by atoms with E-state index in [9.17, 15) is 19.0 Å². The number of unbranched alkanes of at least 4 members (excludes halogenated alkanes) is 37. The van der Waals surface area contributed by atoms with Crippen molar-refractivity contribution in [3.8, 4) is 0 Å². The van der Waals surface area contributed by atoms with Crippen LogP contribution in [-0.2, 0) is 32.7 Å². The number of carbonyl (C=O) groups is 2. The second-order valence-electron chi connectivity index (χ2n) is 24.2. The van der Waals surface area contributed by atoms with Crippen LogP contribution in [0, 0.1) is 0 Å². The molecule has 10 heteroatoms. The summed E-state index contributed by atoms with van der Waals surface area (Å²) in [6.07, 6.45) is 82.8. The highest BCUT2D eigenvalue weighted by Crippen LogP contribution is 2.43. The van der Waals surface area contributed by atoms with Gasteiger partial charge in [-0.2, -0.15) is 0 Å². The Labute approximate surface area is 501 Å². The molecule has 0 radical (unpaired) electrons. The number of phosphoric acid groups is 1. The van der Waals surface area contributed by atoms with Crippen molar-refractivity contribution >= 4 is 19.8 Å². The van der Waals surface area contributed by atoms with Crippen molar-refractivity contribution in [1.29, 1.82) is 0 Å². The summed E-state index contributed by atoms with van der Waals surface area (Å²) in [4.78, 5) is 35.9. The Bertz CT molecular complexity index is 1600. The van der Waals surface area contributed by atoms with Crippen molar-refractivity contribution < 1.29 is 42.1 Å². The number of quaternary nitrogens is 1. The maximum atomic E-state index is 12.9. The second-order valence-corrected chi connectivity index (χ2v) is 25.6. The van der Waals surface area contributed by atoms with Gasteiger partial charge in [-0.15, -0.1) is 0 Å². The summed E-state index contributed by atoms with van der Waals surface area (Å²) in [5.41, 5.74) is 0. The molecule has 2 atom stereocenters. The summed E-state index contributed by atoms with van der Waals surface area (Å²) >= 11 is 0.